The maximum Gasteiger partial charge on any atom is 0.165 e. The van der Waals surface area contributed by atoms with Gasteiger partial charge in [-0.15, -0.1) is 0 Å². The zero-order valence-corrected chi connectivity index (χ0v) is 10.3. The van der Waals surface area contributed by atoms with Gasteiger partial charge in [-0.25, -0.2) is 4.39 Å². The Morgan fingerprint density at radius 3 is 2.47 bits per heavy atom. The van der Waals surface area contributed by atoms with Gasteiger partial charge in [0.2, 0.25) is 0 Å². The van der Waals surface area contributed by atoms with Gasteiger partial charge in [-0.3, -0.25) is 4.79 Å². The highest BCUT2D eigenvalue weighted by Crippen LogP contribution is 2.26. The quantitative estimate of drug-likeness (QED) is 0.793. The van der Waals surface area contributed by atoms with Crippen molar-refractivity contribution in [3.05, 3.63) is 58.3 Å². The van der Waals surface area contributed by atoms with Crippen LogP contribution < -0.4 is 4.74 Å². The second kappa shape index (κ2) is 5.10. The van der Waals surface area contributed by atoms with Gasteiger partial charge in [-0.2, -0.15) is 0 Å². The van der Waals surface area contributed by atoms with Crippen LogP contribution in [0.1, 0.15) is 10.4 Å². The van der Waals surface area contributed by atoms with Gasteiger partial charge in [0, 0.05) is 10.0 Å². The van der Waals surface area contributed by atoms with E-state index in [1.807, 2.05) is 0 Å². The first kappa shape index (κ1) is 11.8. The molecule has 0 aliphatic carbocycles. The molecule has 0 saturated carbocycles. The lowest BCUT2D eigenvalue weighted by molar-refractivity contribution is 0.112. The Morgan fingerprint density at radius 2 is 1.82 bits per heavy atom. The summed E-state index contributed by atoms with van der Waals surface area (Å²) in [5, 5.41) is 0. The molecule has 0 atom stereocenters. The monoisotopic (exact) mass is 294 g/mol. The average Bonchev–Trinajstić information content (AvgIpc) is 2.35. The molecule has 0 N–H and O–H groups in total. The number of carbonyl (C=O) groups excluding carboxylic acids is 1. The molecule has 2 rings (SSSR count). The van der Waals surface area contributed by atoms with Crippen LogP contribution in [0.3, 0.4) is 0 Å². The Balaban J connectivity index is 2.28. The number of carbonyl (C=O) groups is 1. The molecule has 2 nitrogen and oxygen atoms in total. The van der Waals surface area contributed by atoms with Crippen LogP contribution in [0.25, 0.3) is 0 Å². The molecule has 4 heteroatoms. The van der Waals surface area contributed by atoms with Crippen LogP contribution in [0.2, 0.25) is 0 Å². The molecule has 0 radical (unpaired) electrons. The fraction of sp³-hybridized carbons (Fsp3) is 0. The third-order valence-corrected chi connectivity index (χ3v) is 2.66. The summed E-state index contributed by atoms with van der Waals surface area (Å²) in [6.07, 6.45) is 0.647. The van der Waals surface area contributed by atoms with Crippen molar-refractivity contribution in [1.82, 2.24) is 0 Å². The third kappa shape index (κ3) is 2.91. The number of rotatable bonds is 3. The molecule has 0 fully saturated rings. The zero-order chi connectivity index (χ0) is 12.3. The van der Waals surface area contributed by atoms with E-state index in [0.717, 1.165) is 4.47 Å². The van der Waals surface area contributed by atoms with Gasteiger partial charge in [-0.05, 0) is 42.5 Å². The lowest BCUT2D eigenvalue weighted by Crippen LogP contribution is -1.90. The van der Waals surface area contributed by atoms with Crippen LogP contribution in [-0.4, -0.2) is 6.29 Å². The molecule has 0 aliphatic rings. The molecule has 0 aliphatic heterocycles. The lowest BCUT2D eigenvalue weighted by Gasteiger charge is -2.07. The van der Waals surface area contributed by atoms with Crippen LogP contribution in [-0.2, 0) is 0 Å². The Labute approximate surface area is 106 Å². The van der Waals surface area contributed by atoms with Gasteiger partial charge >= 0.3 is 0 Å². The number of aldehydes is 1. The molecule has 0 amide bonds. The number of hydrogen-bond donors (Lipinski definition) is 0. The summed E-state index contributed by atoms with van der Waals surface area (Å²) in [6.45, 7) is 0. The number of hydrogen-bond acceptors (Lipinski definition) is 2. The predicted octanol–water partition coefficient (Wildman–Crippen LogP) is 4.19. The maximum atomic E-state index is 13.4. The van der Waals surface area contributed by atoms with Crippen LogP contribution >= 0.6 is 15.9 Å². The minimum atomic E-state index is -0.501. The molecular formula is C13H8BrFO2. The predicted molar refractivity (Wildman–Crippen MR) is 66.0 cm³/mol. The summed E-state index contributed by atoms with van der Waals surface area (Å²) in [7, 11) is 0. The van der Waals surface area contributed by atoms with Gasteiger partial charge in [0.25, 0.3) is 0 Å². The summed E-state index contributed by atoms with van der Waals surface area (Å²) in [5.41, 5.74) is 0.374. The van der Waals surface area contributed by atoms with Gasteiger partial charge in [0.05, 0.1) is 0 Å². The summed E-state index contributed by atoms with van der Waals surface area (Å²) in [5.74, 6) is 0.0468. The molecule has 2 aromatic rings. The fourth-order valence-electron chi connectivity index (χ4n) is 1.30. The number of halogens is 2. The minimum absolute atomic E-state index is 0.0388. The maximum absolute atomic E-state index is 13.4. The van der Waals surface area contributed by atoms with Gasteiger partial charge < -0.3 is 4.74 Å². The van der Waals surface area contributed by atoms with Crippen LogP contribution in [0, 0.1) is 5.82 Å². The van der Waals surface area contributed by atoms with Crippen molar-refractivity contribution in [2.24, 2.45) is 0 Å². The first-order valence-electron chi connectivity index (χ1n) is 4.87. The van der Waals surface area contributed by atoms with Crippen LogP contribution in [0.4, 0.5) is 4.39 Å². The van der Waals surface area contributed by atoms with Crippen LogP contribution in [0.5, 0.6) is 11.5 Å². The van der Waals surface area contributed by atoms with E-state index in [1.54, 1.807) is 24.3 Å². The topological polar surface area (TPSA) is 26.3 Å². The first-order chi connectivity index (χ1) is 8.19. The van der Waals surface area contributed by atoms with E-state index in [-0.39, 0.29) is 5.75 Å². The summed E-state index contributed by atoms with van der Waals surface area (Å²) in [4.78, 5) is 10.6. The van der Waals surface area contributed by atoms with E-state index in [4.69, 9.17) is 4.74 Å². The van der Waals surface area contributed by atoms with E-state index < -0.39 is 5.82 Å². The van der Waals surface area contributed by atoms with Crippen molar-refractivity contribution in [3.63, 3.8) is 0 Å². The summed E-state index contributed by atoms with van der Waals surface area (Å²) < 4.78 is 19.7. The Morgan fingerprint density at radius 1 is 1.12 bits per heavy atom. The van der Waals surface area contributed by atoms with Crippen LogP contribution in [0.15, 0.2) is 46.9 Å². The highest BCUT2D eigenvalue weighted by Gasteiger charge is 2.05. The summed E-state index contributed by atoms with van der Waals surface area (Å²) >= 11 is 3.29. The highest BCUT2D eigenvalue weighted by molar-refractivity contribution is 9.10. The molecule has 0 heterocycles. The Kier molecular flexibility index (Phi) is 3.54. The standard InChI is InChI=1S/C13H8BrFO2/c14-10-2-4-11(5-3-10)17-13-7-9(8-16)1-6-12(13)15/h1-8H. The molecule has 0 spiro atoms. The van der Waals surface area contributed by atoms with E-state index in [1.165, 1.54) is 18.2 Å². The zero-order valence-electron chi connectivity index (χ0n) is 8.69. The molecule has 0 unspecified atom stereocenters. The molecular weight excluding hydrogens is 287 g/mol. The van der Waals surface area contributed by atoms with Crippen molar-refractivity contribution in [2.75, 3.05) is 0 Å². The fourth-order valence-corrected chi connectivity index (χ4v) is 1.57. The largest absolute Gasteiger partial charge is 0.454 e. The molecule has 86 valence electrons. The number of benzene rings is 2. The SMILES string of the molecule is O=Cc1ccc(F)c(Oc2ccc(Br)cc2)c1. The highest BCUT2D eigenvalue weighted by atomic mass is 79.9. The second-order valence-corrected chi connectivity index (χ2v) is 4.28. The smallest absolute Gasteiger partial charge is 0.165 e. The Bertz CT molecular complexity index is 538. The third-order valence-electron chi connectivity index (χ3n) is 2.13. The van der Waals surface area contributed by atoms with Gasteiger partial charge in [0.15, 0.2) is 11.6 Å². The van der Waals surface area contributed by atoms with Crippen molar-refractivity contribution < 1.29 is 13.9 Å². The Hall–Kier alpha value is -1.68. The van der Waals surface area contributed by atoms with E-state index >= 15 is 0 Å². The van der Waals surface area contributed by atoms with Crippen molar-refractivity contribution >= 4 is 22.2 Å². The van der Waals surface area contributed by atoms with Crippen molar-refractivity contribution in [1.29, 1.82) is 0 Å². The number of ether oxygens (including phenoxy) is 1. The average molecular weight is 295 g/mol. The molecule has 0 aromatic heterocycles. The molecule has 0 bridgehead atoms. The second-order valence-electron chi connectivity index (χ2n) is 3.36. The van der Waals surface area contributed by atoms with E-state index in [9.17, 15) is 9.18 Å². The van der Waals surface area contributed by atoms with Gasteiger partial charge in [-0.1, -0.05) is 15.9 Å². The van der Waals surface area contributed by atoms with Crippen molar-refractivity contribution in [3.8, 4) is 11.5 Å². The van der Waals surface area contributed by atoms with Gasteiger partial charge in [0.1, 0.15) is 12.0 Å². The minimum Gasteiger partial charge on any atom is -0.454 e. The normalized spacial score (nSPS) is 10.0. The molecule has 17 heavy (non-hydrogen) atoms. The molecule has 2 aromatic carbocycles. The molecule has 0 saturated heterocycles. The van der Waals surface area contributed by atoms with Crippen molar-refractivity contribution in [2.45, 2.75) is 0 Å². The van der Waals surface area contributed by atoms with E-state index in [2.05, 4.69) is 15.9 Å². The summed E-state index contributed by atoms with van der Waals surface area (Å²) in [6, 6.07) is 11.0. The first-order valence-corrected chi connectivity index (χ1v) is 5.66. The lowest BCUT2D eigenvalue weighted by atomic mass is 10.2. The van der Waals surface area contributed by atoms with E-state index in [0.29, 0.717) is 17.6 Å².